The maximum absolute atomic E-state index is 13.0. The molecule has 0 bridgehead atoms. The van der Waals surface area contributed by atoms with Crippen molar-refractivity contribution < 1.29 is 19.1 Å². The Bertz CT molecular complexity index is 1370. The molecule has 1 saturated carbocycles. The molecule has 3 unspecified atom stereocenters. The summed E-state index contributed by atoms with van der Waals surface area (Å²) < 4.78 is 12.3. The molecule has 3 aromatic rings. The molecule has 0 spiro atoms. The van der Waals surface area contributed by atoms with E-state index in [9.17, 15) is 9.90 Å². The Kier molecular flexibility index (Phi) is 9.38. The highest BCUT2D eigenvalue weighted by Crippen LogP contribution is 2.48. The van der Waals surface area contributed by atoms with E-state index in [0.29, 0.717) is 18.4 Å². The molecule has 0 aliphatic heterocycles. The van der Waals surface area contributed by atoms with Gasteiger partial charge in [0.2, 0.25) is 0 Å². The Morgan fingerprint density at radius 1 is 1.02 bits per heavy atom. The molecule has 1 amide bonds. The van der Waals surface area contributed by atoms with Crippen LogP contribution >= 0.6 is 12.2 Å². The quantitative estimate of drug-likeness (QED) is 0.201. The van der Waals surface area contributed by atoms with Crippen molar-refractivity contribution in [2.45, 2.75) is 63.4 Å². The summed E-state index contributed by atoms with van der Waals surface area (Å²) in [5.41, 5.74) is 2.79. The Labute approximate surface area is 250 Å². The molecule has 3 N–H and O–H groups in total. The molecule has 3 aromatic carbocycles. The van der Waals surface area contributed by atoms with Gasteiger partial charge in [0.05, 0.1) is 12.6 Å². The second kappa shape index (κ2) is 12.4. The SMILES string of the molecule is COc1cccc(-c2cccc(C3(NC(=S)NC(=O)c4ccccc4)CC(O[Si](C)(C)C(C)(C)C)CC3CO)c2)c1. The van der Waals surface area contributed by atoms with Crippen LogP contribution in [0.5, 0.6) is 5.75 Å². The predicted octanol–water partition coefficient (Wildman–Crippen LogP) is 6.65. The molecule has 1 aliphatic carbocycles. The van der Waals surface area contributed by atoms with Gasteiger partial charge in [0.15, 0.2) is 13.4 Å². The predicted molar refractivity (Wildman–Crippen MR) is 172 cm³/mol. The normalized spacial score (nSPS) is 20.9. The maximum Gasteiger partial charge on any atom is 0.257 e. The Morgan fingerprint density at radius 3 is 2.32 bits per heavy atom. The summed E-state index contributed by atoms with van der Waals surface area (Å²) in [6.07, 6.45) is 1.20. The fraction of sp³-hybridized carbons (Fsp3) is 0.394. The van der Waals surface area contributed by atoms with Crippen molar-refractivity contribution in [1.29, 1.82) is 0 Å². The molecule has 1 aliphatic rings. The lowest BCUT2D eigenvalue weighted by molar-refractivity contribution is 0.0974. The third kappa shape index (κ3) is 6.89. The maximum atomic E-state index is 13.0. The van der Waals surface area contributed by atoms with E-state index in [-0.39, 0.29) is 34.7 Å². The molecule has 6 nitrogen and oxygen atoms in total. The van der Waals surface area contributed by atoms with Gasteiger partial charge in [0.25, 0.3) is 5.91 Å². The number of aliphatic hydroxyl groups excluding tert-OH is 1. The summed E-state index contributed by atoms with van der Waals surface area (Å²) >= 11 is 5.73. The summed E-state index contributed by atoms with van der Waals surface area (Å²) in [6, 6.07) is 25.2. The number of nitrogens with one attached hydrogen (secondary N) is 2. The van der Waals surface area contributed by atoms with E-state index in [2.05, 4.69) is 62.7 Å². The Morgan fingerprint density at radius 2 is 1.68 bits per heavy atom. The van der Waals surface area contributed by atoms with Crippen LogP contribution in [0.25, 0.3) is 11.1 Å². The minimum atomic E-state index is -2.09. The third-order valence-corrected chi connectivity index (χ3v) is 13.4. The first kappa shape index (κ1) is 30.9. The van der Waals surface area contributed by atoms with Crippen LogP contribution in [0.2, 0.25) is 18.1 Å². The second-order valence-corrected chi connectivity index (χ2v) is 17.5. The average Bonchev–Trinajstić information content (AvgIpc) is 3.29. The summed E-state index contributed by atoms with van der Waals surface area (Å²) in [7, 11) is -0.427. The first-order valence-electron chi connectivity index (χ1n) is 14.1. The zero-order chi connectivity index (χ0) is 29.8. The van der Waals surface area contributed by atoms with Crippen molar-refractivity contribution in [2.75, 3.05) is 13.7 Å². The van der Waals surface area contributed by atoms with Crippen molar-refractivity contribution in [3.05, 3.63) is 90.0 Å². The van der Waals surface area contributed by atoms with Crippen molar-refractivity contribution in [2.24, 2.45) is 5.92 Å². The summed E-state index contributed by atoms with van der Waals surface area (Å²) in [5.74, 6) is 0.308. The molecule has 4 rings (SSSR count). The van der Waals surface area contributed by atoms with E-state index < -0.39 is 13.9 Å². The van der Waals surface area contributed by atoms with Gasteiger partial charge in [-0.2, -0.15) is 0 Å². The molecule has 0 saturated heterocycles. The lowest BCUT2D eigenvalue weighted by Crippen LogP contribution is -2.54. The number of rotatable bonds is 8. The number of methoxy groups -OCH3 is 1. The van der Waals surface area contributed by atoms with Crippen molar-refractivity contribution in [1.82, 2.24) is 10.6 Å². The molecule has 8 heteroatoms. The van der Waals surface area contributed by atoms with Gasteiger partial charge in [-0.05, 0) is 90.2 Å². The van der Waals surface area contributed by atoms with Gasteiger partial charge < -0.3 is 19.6 Å². The number of hydrogen-bond acceptors (Lipinski definition) is 5. The number of hydrogen-bond donors (Lipinski definition) is 3. The van der Waals surface area contributed by atoms with Gasteiger partial charge in [-0.3, -0.25) is 10.1 Å². The van der Waals surface area contributed by atoms with Crippen LogP contribution < -0.4 is 15.4 Å². The number of amides is 1. The van der Waals surface area contributed by atoms with Crippen LogP contribution in [0, 0.1) is 5.92 Å². The second-order valence-electron chi connectivity index (χ2n) is 12.4. The van der Waals surface area contributed by atoms with Crippen LogP contribution in [0.15, 0.2) is 78.9 Å². The zero-order valence-electron chi connectivity index (χ0n) is 24.9. The average molecular weight is 591 g/mol. The smallest absolute Gasteiger partial charge is 0.257 e. The zero-order valence-corrected chi connectivity index (χ0v) is 26.7. The molecule has 1 fully saturated rings. The van der Waals surface area contributed by atoms with Crippen LogP contribution in [0.4, 0.5) is 0 Å². The minimum absolute atomic E-state index is 0.0473. The Balaban J connectivity index is 1.72. The highest BCUT2D eigenvalue weighted by Gasteiger charge is 2.51. The fourth-order valence-corrected chi connectivity index (χ4v) is 7.04. The molecule has 3 atom stereocenters. The van der Waals surface area contributed by atoms with Gasteiger partial charge in [0, 0.05) is 24.2 Å². The first-order chi connectivity index (χ1) is 19.4. The van der Waals surface area contributed by atoms with E-state index in [1.807, 2.05) is 48.5 Å². The molecule has 0 radical (unpaired) electrons. The van der Waals surface area contributed by atoms with Gasteiger partial charge in [0.1, 0.15) is 5.75 Å². The van der Waals surface area contributed by atoms with Crippen LogP contribution in [0.1, 0.15) is 49.5 Å². The largest absolute Gasteiger partial charge is 0.497 e. The number of ether oxygens (including phenoxy) is 1. The van der Waals surface area contributed by atoms with Crippen molar-refractivity contribution in [3.63, 3.8) is 0 Å². The van der Waals surface area contributed by atoms with Crippen LogP contribution in [-0.4, -0.2) is 44.3 Å². The Hall–Kier alpha value is -3.04. The summed E-state index contributed by atoms with van der Waals surface area (Å²) in [6.45, 7) is 11.1. The molecular formula is C33H42N2O4SSi. The third-order valence-electron chi connectivity index (χ3n) is 8.66. The van der Waals surface area contributed by atoms with Gasteiger partial charge in [-0.1, -0.05) is 69.3 Å². The summed E-state index contributed by atoms with van der Waals surface area (Å²) in [4.78, 5) is 13.0. The highest BCUT2D eigenvalue weighted by molar-refractivity contribution is 7.80. The minimum Gasteiger partial charge on any atom is -0.497 e. The van der Waals surface area contributed by atoms with Crippen molar-refractivity contribution in [3.8, 4) is 16.9 Å². The number of aliphatic hydroxyl groups is 1. The fourth-order valence-electron chi connectivity index (χ4n) is 5.40. The van der Waals surface area contributed by atoms with Gasteiger partial charge in [-0.25, -0.2) is 0 Å². The lowest BCUT2D eigenvalue weighted by Gasteiger charge is -2.40. The standard InChI is InChI=1S/C33H42N2O4SSi/c1-32(2,3)41(5,6)39-29-20-27(22-36)33(21-29,35-31(40)34-30(37)23-12-8-7-9-13-23)26-16-10-14-24(18-26)25-15-11-17-28(19-25)38-4/h7-19,27,29,36H,20-22H2,1-6H3,(H2,34,35,37,40). The molecule has 218 valence electrons. The number of thiocarbonyl (C=S) groups is 1. The molecular weight excluding hydrogens is 549 g/mol. The highest BCUT2D eigenvalue weighted by atomic mass is 32.1. The van der Waals surface area contributed by atoms with Gasteiger partial charge >= 0.3 is 0 Å². The first-order valence-corrected chi connectivity index (χ1v) is 17.4. The topological polar surface area (TPSA) is 79.8 Å². The van der Waals surface area contributed by atoms with E-state index in [4.69, 9.17) is 21.4 Å². The number of benzene rings is 3. The van der Waals surface area contributed by atoms with Crippen molar-refractivity contribution >= 4 is 31.6 Å². The summed E-state index contributed by atoms with van der Waals surface area (Å²) in [5, 5.41) is 17.4. The number of carbonyl (C=O) groups excluding carboxylic acids is 1. The van der Waals surface area contributed by atoms with E-state index in [0.717, 1.165) is 22.4 Å². The number of carbonyl (C=O) groups is 1. The molecule has 0 heterocycles. The van der Waals surface area contributed by atoms with Crippen LogP contribution in [-0.2, 0) is 9.96 Å². The molecule has 41 heavy (non-hydrogen) atoms. The van der Waals surface area contributed by atoms with E-state index in [1.165, 1.54) is 0 Å². The van der Waals surface area contributed by atoms with E-state index >= 15 is 0 Å². The van der Waals surface area contributed by atoms with Crippen LogP contribution in [0.3, 0.4) is 0 Å². The van der Waals surface area contributed by atoms with E-state index in [1.54, 1.807) is 19.2 Å². The lowest BCUT2D eigenvalue weighted by atomic mass is 9.79. The monoisotopic (exact) mass is 590 g/mol. The molecule has 0 aromatic heterocycles. The van der Waals surface area contributed by atoms with Gasteiger partial charge in [-0.15, -0.1) is 0 Å².